The SMILES string of the molecule is CN(CCNc1nnc2ccccc2n1)C1CCCC1. The number of fused-ring (bicyclic) bond motifs is 1. The zero-order valence-corrected chi connectivity index (χ0v) is 11.9. The van der Waals surface area contributed by atoms with Crippen LogP contribution in [0.25, 0.3) is 11.0 Å². The molecule has 1 aliphatic rings. The molecule has 0 spiro atoms. The van der Waals surface area contributed by atoms with Crippen molar-refractivity contribution in [1.29, 1.82) is 0 Å². The van der Waals surface area contributed by atoms with Gasteiger partial charge in [0, 0.05) is 19.1 Å². The monoisotopic (exact) mass is 271 g/mol. The van der Waals surface area contributed by atoms with Crippen molar-refractivity contribution in [1.82, 2.24) is 20.1 Å². The molecule has 1 saturated carbocycles. The molecule has 20 heavy (non-hydrogen) atoms. The number of para-hydroxylation sites is 1. The zero-order chi connectivity index (χ0) is 13.8. The molecule has 0 amide bonds. The van der Waals surface area contributed by atoms with Gasteiger partial charge >= 0.3 is 0 Å². The van der Waals surface area contributed by atoms with Gasteiger partial charge in [0.2, 0.25) is 5.95 Å². The van der Waals surface area contributed by atoms with E-state index in [1.165, 1.54) is 25.7 Å². The van der Waals surface area contributed by atoms with Gasteiger partial charge < -0.3 is 10.2 Å². The van der Waals surface area contributed by atoms with Crippen molar-refractivity contribution >= 4 is 17.0 Å². The normalized spacial score (nSPS) is 16.1. The first-order valence-corrected chi connectivity index (χ1v) is 7.36. The van der Waals surface area contributed by atoms with Gasteiger partial charge in [0.05, 0.1) is 5.52 Å². The van der Waals surface area contributed by atoms with E-state index in [4.69, 9.17) is 0 Å². The second-order valence-electron chi connectivity index (χ2n) is 5.47. The van der Waals surface area contributed by atoms with E-state index >= 15 is 0 Å². The summed E-state index contributed by atoms with van der Waals surface area (Å²) in [4.78, 5) is 6.91. The zero-order valence-electron chi connectivity index (χ0n) is 11.9. The van der Waals surface area contributed by atoms with Crippen LogP contribution in [0.2, 0.25) is 0 Å². The molecule has 2 aromatic rings. The van der Waals surface area contributed by atoms with Crippen molar-refractivity contribution in [2.75, 3.05) is 25.5 Å². The molecule has 1 aromatic carbocycles. The molecular weight excluding hydrogens is 250 g/mol. The molecule has 0 bridgehead atoms. The van der Waals surface area contributed by atoms with Gasteiger partial charge in [0.15, 0.2) is 0 Å². The standard InChI is InChI=1S/C15H21N5/c1-20(12-6-2-3-7-12)11-10-16-15-17-13-8-4-5-9-14(13)18-19-15/h4-5,8-9,12H,2-3,6-7,10-11H2,1H3,(H,16,17,19). The van der Waals surface area contributed by atoms with Crippen molar-refractivity contribution in [3.8, 4) is 0 Å². The predicted octanol–water partition coefficient (Wildman–Crippen LogP) is 2.31. The first-order valence-electron chi connectivity index (χ1n) is 7.36. The second kappa shape index (κ2) is 6.13. The quantitative estimate of drug-likeness (QED) is 0.904. The Morgan fingerprint density at radius 2 is 1.90 bits per heavy atom. The number of nitrogens with zero attached hydrogens (tertiary/aromatic N) is 4. The van der Waals surface area contributed by atoms with Crippen LogP contribution in [0.3, 0.4) is 0 Å². The molecule has 5 heteroatoms. The first-order chi connectivity index (χ1) is 9.83. The topological polar surface area (TPSA) is 53.9 Å². The van der Waals surface area contributed by atoms with Crippen molar-refractivity contribution in [3.05, 3.63) is 24.3 Å². The third-order valence-corrected chi connectivity index (χ3v) is 4.06. The van der Waals surface area contributed by atoms with Crippen LogP contribution in [0.5, 0.6) is 0 Å². The van der Waals surface area contributed by atoms with E-state index in [-0.39, 0.29) is 0 Å². The first kappa shape index (κ1) is 13.2. The van der Waals surface area contributed by atoms with Crippen LogP contribution in [-0.2, 0) is 0 Å². The van der Waals surface area contributed by atoms with Crippen molar-refractivity contribution in [2.45, 2.75) is 31.7 Å². The minimum atomic E-state index is 0.614. The van der Waals surface area contributed by atoms with Gasteiger partial charge in [0.25, 0.3) is 0 Å². The molecule has 1 fully saturated rings. The minimum absolute atomic E-state index is 0.614. The fourth-order valence-electron chi connectivity index (χ4n) is 2.83. The lowest BCUT2D eigenvalue weighted by Gasteiger charge is -2.23. The van der Waals surface area contributed by atoms with Crippen LogP contribution in [0.1, 0.15) is 25.7 Å². The van der Waals surface area contributed by atoms with E-state index < -0.39 is 0 Å². The molecule has 1 aliphatic carbocycles. The average Bonchev–Trinajstić information content (AvgIpc) is 3.01. The third kappa shape index (κ3) is 3.04. The maximum absolute atomic E-state index is 4.47. The summed E-state index contributed by atoms with van der Waals surface area (Å²) in [5.41, 5.74) is 1.72. The molecule has 106 valence electrons. The Bertz CT molecular complexity index is 565. The molecular formula is C15H21N5. The Morgan fingerprint density at radius 1 is 1.15 bits per heavy atom. The van der Waals surface area contributed by atoms with E-state index in [1.54, 1.807) is 0 Å². The molecule has 1 N–H and O–H groups in total. The van der Waals surface area contributed by atoms with Crippen LogP contribution >= 0.6 is 0 Å². The number of nitrogens with one attached hydrogen (secondary N) is 1. The highest BCUT2D eigenvalue weighted by molar-refractivity contribution is 5.73. The number of benzene rings is 1. The van der Waals surface area contributed by atoms with Gasteiger partial charge in [-0.3, -0.25) is 0 Å². The molecule has 0 saturated heterocycles. The Balaban J connectivity index is 1.54. The highest BCUT2D eigenvalue weighted by atomic mass is 15.2. The number of hydrogen-bond acceptors (Lipinski definition) is 5. The van der Waals surface area contributed by atoms with E-state index in [1.807, 2.05) is 24.3 Å². The van der Waals surface area contributed by atoms with Crippen molar-refractivity contribution in [2.24, 2.45) is 0 Å². The summed E-state index contributed by atoms with van der Waals surface area (Å²) in [6.45, 7) is 1.87. The highest BCUT2D eigenvalue weighted by Crippen LogP contribution is 2.21. The summed E-state index contributed by atoms with van der Waals surface area (Å²) in [6, 6.07) is 8.55. The summed E-state index contributed by atoms with van der Waals surface area (Å²) in [7, 11) is 2.21. The van der Waals surface area contributed by atoms with Crippen LogP contribution in [0, 0.1) is 0 Å². The fourth-order valence-corrected chi connectivity index (χ4v) is 2.83. The van der Waals surface area contributed by atoms with Gasteiger partial charge in [-0.1, -0.05) is 25.0 Å². The third-order valence-electron chi connectivity index (χ3n) is 4.06. The highest BCUT2D eigenvalue weighted by Gasteiger charge is 2.18. The number of hydrogen-bond donors (Lipinski definition) is 1. The largest absolute Gasteiger partial charge is 0.352 e. The van der Waals surface area contributed by atoms with E-state index in [0.717, 1.165) is 30.2 Å². The van der Waals surface area contributed by atoms with E-state index in [2.05, 4.69) is 32.4 Å². The molecule has 0 unspecified atom stereocenters. The van der Waals surface area contributed by atoms with E-state index in [9.17, 15) is 0 Å². The molecule has 1 heterocycles. The summed E-state index contributed by atoms with van der Waals surface area (Å²) in [5, 5.41) is 11.5. The summed E-state index contributed by atoms with van der Waals surface area (Å²) < 4.78 is 0. The number of rotatable bonds is 5. The van der Waals surface area contributed by atoms with Crippen LogP contribution in [0.15, 0.2) is 24.3 Å². The molecule has 1 aromatic heterocycles. The molecule has 0 radical (unpaired) electrons. The lowest BCUT2D eigenvalue weighted by Crippen LogP contribution is -2.33. The smallest absolute Gasteiger partial charge is 0.243 e. The summed E-state index contributed by atoms with van der Waals surface area (Å²) in [5.74, 6) is 0.614. The predicted molar refractivity (Wildman–Crippen MR) is 80.7 cm³/mol. The van der Waals surface area contributed by atoms with Crippen molar-refractivity contribution in [3.63, 3.8) is 0 Å². The van der Waals surface area contributed by atoms with E-state index in [0.29, 0.717) is 5.95 Å². The van der Waals surface area contributed by atoms with Crippen molar-refractivity contribution < 1.29 is 0 Å². The Kier molecular flexibility index (Phi) is 4.06. The molecule has 5 nitrogen and oxygen atoms in total. The maximum Gasteiger partial charge on any atom is 0.243 e. The molecule has 3 rings (SSSR count). The van der Waals surface area contributed by atoms with Crippen LogP contribution in [-0.4, -0.2) is 46.3 Å². The van der Waals surface area contributed by atoms with Crippen LogP contribution < -0.4 is 5.32 Å². The number of aromatic nitrogens is 3. The van der Waals surface area contributed by atoms with Gasteiger partial charge in [0.1, 0.15) is 5.52 Å². The average molecular weight is 271 g/mol. The lowest BCUT2D eigenvalue weighted by molar-refractivity contribution is 0.254. The molecule has 0 aliphatic heterocycles. The minimum Gasteiger partial charge on any atom is -0.352 e. The Morgan fingerprint density at radius 3 is 2.70 bits per heavy atom. The fraction of sp³-hybridized carbons (Fsp3) is 0.533. The maximum atomic E-state index is 4.47. The van der Waals surface area contributed by atoms with Gasteiger partial charge in [-0.2, -0.15) is 0 Å². The number of anilines is 1. The summed E-state index contributed by atoms with van der Waals surface area (Å²) in [6.07, 6.45) is 5.43. The Labute approximate surface area is 119 Å². The van der Waals surface area contributed by atoms with Gasteiger partial charge in [-0.25, -0.2) is 4.98 Å². The van der Waals surface area contributed by atoms with Gasteiger partial charge in [-0.05, 0) is 32.0 Å². The molecule has 0 atom stereocenters. The second-order valence-corrected chi connectivity index (χ2v) is 5.47. The lowest BCUT2D eigenvalue weighted by atomic mass is 10.2. The van der Waals surface area contributed by atoms with Gasteiger partial charge in [-0.15, -0.1) is 10.2 Å². The number of likely N-dealkylation sites (N-methyl/N-ethyl adjacent to an activating group) is 1. The Hall–Kier alpha value is -1.75. The summed E-state index contributed by atoms with van der Waals surface area (Å²) >= 11 is 0. The van der Waals surface area contributed by atoms with Crippen LogP contribution in [0.4, 0.5) is 5.95 Å².